The van der Waals surface area contributed by atoms with E-state index in [2.05, 4.69) is 55.3 Å². The predicted octanol–water partition coefficient (Wildman–Crippen LogP) is 1.31. The highest BCUT2D eigenvalue weighted by molar-refractivity contribution is 5.79. The van der Waals surface area contributed by atoms with E-state index in [-0.39, 0.29) is 23.9 Å². The fourth-order valence-electron chi connectivity index (χ4n) is 4.11. The summed E-state index contributed by atoms with van der Waals surface area (Å²) < 4.78 is 7.51. The number of aromatic nitrogens is 4. The van der Waals surface area contributed by atoms with Gasteiger partial charge in [0.25, 0.3) is 0 Å². The first-order valence-corrected chi connectivity index (χ1v) is 9.71. The van der Waals surface area contributed by atoms with Crippen LogP contribution in [0.25, 0.3) is 0 Å². The lowest BCUT2D eigenvalue weighted by atomic mass is 9.99. The first-order valence-electron chi connectivity index (χ1n) is 9.71. The molecule has 2 aliphatic rings. The van der Waals surface area contributed by atoms with Crippen LogP contribution in [0.2, 0.25) is 0 Å². The topological polar surface area (TPSA) is 88.1 Å². The molecule has 27 heavy (non-hydrogen) atoms. The zero-order chi connectivity index (χ0) is 18.8. The number of nitrogens with zero attached hydrogens (tertiary/aromatic N) is 4. The quantitative estimate of drug-likeness (QED) is 0.826. The van der Waals surface area contributed by atoms with Crippen LogP contribution in [0.4, 0.5) is 0 Å². The van der Waals surface area contributed by atoms with E-state index in [1.54, 1.807) is 0 Å². The molecular weight excluding hydrogens is 344 g/mol. The Morgan fingerprint density at radius 2 is 2.22 bits per heavy atom. The van der Waals surface area contributed by atoms with Gasteiger partial charge in [0.1, 0.15) is 5.82 Å². The number of ether oxygens (including phenoxy) is 1. The number of aromatic amines is 1. The number of nitrogens with one attached hydrogen (secondary N) is 2. The van der Waals surface area contributed by atoms with Crippen molar-refractivity contribution in [3.63, 3.8) is 0 Å². The Balaban J connectivity index is 1.46. The number of H-pyrrole nitrogens is 1. The van der Waals surface area contributed by atoms with Gasteiger partial charge in [0, 0.05) is 57.2 Å². The molecule has 8 heteroatoms. The molecule has 2 N–H and O–H groups in total. The molecule has 2 aliphatic heterocycles. The van der Waals surface area contributed by atoms with Crippen LogP contribution in [0.15, 0.2) is 18.3 Å². The minimum absolute atomic E-state index is 0.0740. The fraction of sp³-hybridized carbons (Fsp3) is 0.632. The second kappa shape index (κ2) is 7.82. The molecule has 2 fully saturated rings. The van der Waals surface area contributed by atoms with E-state index in [4.69, 9.17) is 4.74 Å². The summed E-state index contributed by atoms with van der Waals surface area (Å²) in [5, 5.41) is 10.6. The van der Waals surface area contributed by atoms with Crippen LogP contribution in [0.3, 0.4) is 0 Å². The van der Waals surface area contributed by atoms with Gasteiger partial charge in [-0.3, -0.25) is 14.8 Å². The highest BCUT2D eigenvalue weighted by atomic mass is 16.5. The Kier molecular flexibility index (Phi) is 5.27. The number of carbonyl (C=O) groups excluding carboxylic acids is 1. The molecule has 0 aliphatic carbocycles. The summed E-state index contributed by atoms with van der Waals surface area (Å²) in [6, 6.07) is 4.41. The first-order chi connectivity index (χ1) is 13.1. The van der Waals surface area contributed by atoms with Crippen LogP contribution in [0, 0.1) is 12.8 Å². The van der Waals surface area contributed by atoms with Crippen molar-refractivity contribution in [3.8, 4) is 0 Å². The van der Waals surface area contributed by atoms with E-state index >= 15 is 0 Å². The van der Waals surface area contributed by atoms with Gasteiger partial charge in [0.05, 0.1) is 6.04 Å². The smallest absolute Gasteiger partial charge is 0.223 e. The van der Waals surface area contributed by atoms with Crippen LogP contribution in [-0.4, -0.2) is 56.4 Å². The summed E-state index contributed by atoms with van der Waals surface area (Å²) in [4.78, 5) is 19.6. The summed E-state index contributed by atoms with van der Waals surface area (Å²) in [6.45, 7) is 4.89. The molecule has 2 saturated heterocycles. The van der Waals surface area contributed by atoms with Crippen molar-refractivity contribution in [2.45, 2.75) is 44.8 Å². The highest BCUT2D eigenvalue weighted by Gasteiger charge is 2.37. The van der Waals surface area contributed by atoms with Gasteiger partial charge in [0.15, 0.2) is 5.82 Å². The third-order valence-corrected chi connectivity index (χ3v) is 5.67. The standard InChI is InChI=1S/C19H28N6O2/c1-13-20-18(23-22-13)17-10-15(21-19(26)14-5-8-27-9-6-14)11-25(17)12-16-4-3-7-24(16)2/h3-4,7,14-15,17H,5-6,8-12H2,1-2H3,(H,21,26)(H,20,22,23)/t15-,17-/m0/s1. The minimum Gasteiger partial charge on any atom is -0.381 e. The van der Waals surface area contributed by atoms with E-state index < -0.39 is 0 Å². The Bertz CT molecular complexity index is 779. The van der Waals surface area contributed by atoms with E-state index in [0.717, 1.165) is 44.0 Å². The second-order valence-corrected chi connectivity index (χ2v) is 7.66. The van der Waals surface area contributed by atoms with Crippen molar-refractivity contribution < 1.29 is 9.53 Å². The van der Waals surface area contributed by atoms with Crippen molar-refractivity contribution in [3.05, 3.63) is 35.7 Å². The summed E-state index contributed by atoms with van der Waals surface area (Å²) >= 11 is 0. The monoisotopic (exact) mass is 372 g/mol. The van der Waals surface area contributed by atoms with Gasteiger partial charge in [-0.25, -0.2) is 4.98 Å². The molecule has 2 aromatic heterocycles. The van der Waals surface area contributed by atoms with Crippen molar-refractivity contribution in [2.24, 2.45) is 13.0 Å². The molecule has 0 spiro atoms. The number of aryl methyl sites for hydroxylation is 2. The average molecular weight is 372 g/mol. The number of hydrogen-bond donors (Lipinski definition) is 2. The van der Waals surface area contributed by atoms with Gasteiger partial charge in [-0.15, -0.1) is 0 Å². The van der Waals surface area contributed by atoms with Gasteiger partial charge in [0.2, 0.25) is 5.91 Å². The van der Waals surface area contributed by atoms with Gasteiger partial charge in [-0.2, -0.15) is 5.10 Å². The lowest BCUT2D eigenvalue weighted by molar-refractivity contribution is -0.128. The molecule has 4 heterocycles. The molecule has 0 saturated carbocycles. The molecule has 4 rings (SSSR count). The Hall–Kier alpha value is -2.19. The maximum Gasteiger partial charge on any atom is 0.223 e. The minimum atomic E-state index is 0.0740. The number of hydrogen-bond acceptors (Lipinski definition) is 5. The van der Waals surface area contributed by atoms with Crippen LogP contribution in [-0.2, 0) is 23.1 Å². The highest BCUT2D eigenvalue weighted by Crippen LogP contribution is 2.32. The largest absolute Gasteiger partial charge is 0.381 e. The average Bonchev–Trinajstić information content (AvgIpc) is 3.37. The number of likely N-dealkylation sites (tertiary alicyclic amines) is 1. The molecule has 0 radical (unpaired) electrons. The van der Waals surface area contributed by atoms with E-state index in [1.807, 2.05) is 6.92 Å². The summed E-state index contributed by atoms with van der Waals surface area (Å²) in [5.74, 6) is 1.86. The van der Waals surface area contributed by atoms with Crippen molar-refractivity contribution in [1.82, 2.24) is 30.0 Å². The van der Waals surface area contributed by atoms with Gasteiger partial charge in [-0.05, 0) is 38.3 Å². The van der Waals surface area contributed by atoms with E-state index in [0.29, 0.717) is 13.2 Å². The first kappa shape index (κ1) is 18.2. The molecule has 1 amide bonds. The zero-order valence-electron chi connectivity index (χ0n) is 16.0. The van der Waals surface area contributed by atoms with Gasteiger partial charge >= 0.3 is 0 Å². The summed E-state index contributed by atoms with van der Waals surface area (Å²) in [6.07, 6.45) is 4.52. The van der Waals surface area contributed by atoms with Crippen LogP contribution >= 0.6 is 0 Å². The third kappa shape index (κ3) is 4.06. The molecule has 2 atom stereocenters. The zero-order valence-corrected chi connectivity index (χ0v) is 16.0. The Labute approximate surface area is 159 Å². The molecule has 0 aromatic carbocycles. The molecule has 0 bridgehead atoms. The van der Waals surface area contributed by atoms with Crippen LogP contribution in [0.1, 0.15) is 42.6 Å². The van der Waals surface area contributed by atoms with Crippen molar-refractivity contribution >= 4 is 5.91 Å². The molecule has 2 aromatic rings. The lowest BCUT2D eigenvalue weighted by Crippen LogP contribution is -2.42. The maximum absolute atomic E-state index is 12.7. The Morgan fingerprint density at radius 1 is 1.41 bits per heavy atom. The van der Waals surface area contributed by atoms with Crippen molar-refractivity contribution in [2.75, 3.05) is 19.8 Å². The normalized spacial score (nSPS) is 24.4. The maximum atomic E-state index is 12.7. The van der Waals surface area contributed by atoms with Crippen LogP contribution < -0.4 is 5.32 Å². The molecular formula is C19H28N6O2. The van der Waals surface area contributed by atoms with E-state index in [1.165, 1.54) is 5.69 Å². The Morgan fingerprint density at radius 3 is 2.89 bits per heavy atom. The van der Waals surface area contributed by atoms with Gasteiger partial charge < -0.3 is 14.6 Å². The molecule has 146 valence electrons. The second-order valence-electron chi connectivity index (χ2n) is 7.66. The number of amides is 1. The number of carbonyl (C=O) groups is 1. The number of rotatable bonds is 5. The molecule has 8 nitrogen and oxygen atoms in total. The molecule has 0 unspecified atom stereocenters. The predicted molar refractivity (Wildman–Crippen MR) is 99.8 cm³/mol. The SMILES string of the molecule is Cc1nc([C@@H]2C[C@H](NC(=O)C3CCOCC3)CN2Cc2cccn2C)n[nH]1. The summed E-state index contributed by atoms with van der Waals surface area (Å²) in [5.41, 5.74) is 1.24. The third-order valence-electron chi connectivity index (χ3n) is 5.67. The lowest BCUT2D eigenvalue weighted by Gasteiger charge is -2.23. The summed E-state index contributed by atoms with van der Waals surface area (Å²) in [7, 11) is 2.06. The van der Waals surface area contributed by atoms with E-state index in [9.17, 15) is 4.79 Å². The van der Waals surface area contributed by atoms with Crippen molar-refractivity contribution in [1.29, 1.82) is 0 Å². The van der Waals surface area contributed by atoms with Crippen LogP contribution in [0.5, 0.6) is 0 Å². The van der Waals surface area contributed by atoms with Gasteiger partial charge in [-0.1, -0.05) is 0 Å². The fourth-order valence-corrected chi connectivity index (χ4v) is 4.11.